The maximum atomic E-state index is 11.4. The first-order chi connectivity index (χ1) is 9.13. The Bertz CT molecular complexity index is 636. The zero-order valence-electron chi connectivity index (χ0n) is 10.7. The van der Waals surface area contributed by atoms with Crippen LogP contribution in [0.25, 0.3) is 11.0 Å². The Morgan fingerprint density at radius 1 is 1.37 bits per heavy atom. The van der Waals surface area contributed by atoms with Gasteiger partial charge in [-0.2, -0.15) is 0 Å². The first kappa shape index (κ1) is 13.9. The first-order valence-electron chi connectivity index (χ1n) is 6.15. The van der Waals surface area contributed by atoms with Crippen molar-refractivity contribution >= 4 is 32.6 Å². The summed E-state index contributed by atoms with van der Waals surface area (Å²) in [5.41, 5.74) is 7.11. The highest BCUT2D eigenvalue weighted by Gasteiger charge is 2.10. The molecule has 0 aliphatic carbocycles. The number of benzene rings is 1. The third-order valence-electron chi connectivity index (χ3n) is 2.93. The van der Waals surface area contributed by atoms with Crippen molar-refractivity contribution in [3.63, 3.8) is 0 Å². The molecule has 0 unspecified atom stereocenters. The standard InChI is InChI=1S/C14H16BrNO3/c1-9-12(18-7-3-2-6-15)5-4-10-11(16)8-13(17)19-14(9)10/h4-5,8H,2-3,6-7,16H2,1H3. The molecule has 4 nitrogen and oxygen atoms in total. The fourth-order valence-electron chi connectivity index (χ4n) is 1.90. The largest absolute Gasteiger partial charge is 0.493 e. The highest BCUT2D eigenvalue weighted by molar-refractivity contribution is 9.09. The van der Waals surface area contributed by atoms with Crippen molar-refractivity contribution in [3.8, 4) is 5.75 Å². The normalized spacial score (nSPS) is 10.8. The molecule has 5 heteroatoms. The van der Waals surface area contributed by atoms with Crippen LogP contribution >= 0.6 is 15.9 Å². The van der Waals surface area contributed by atoms with E-state index in [4.69, 9.17) is 14.9 Å². The zero-order valence-corrected chi connectivity index (χ0v) is 12.3. The summed E-state index contributed by atoms with van der Waals surface area (Å²) in [6.45, 7) is 2.51. The van der Waals surface area contributed by atoms with Crippen LogP contribution < -0.4 is 16.1 Å². The number of fused-ring (bicyclic) bond motifs is 1. The van der Waals surface area contributed by atoms with Crippen LogP contribution in [0.1, 0.15) is 18.4 Å². The van der Waals surface area contributed by atoms with Gasteiger partial charge in [-0.05, 0) is 31.9 Å². The molecule has 1 aromatic carbocycles. The molecule has 0 atom stereocenters. The molecule has 0 bridgehead atoms. The van der Waals surface area contributed by atoms with Crippen LogP contribution in [0.2, 0.25) is 0 Å². The Labute approximate surface area is 119 Å². The molecule has 1 heterocycles. The molecule has 2 aromatic rings. The van der Waals surface area contributed by atoms with Gasteiger partial charge in [-0.3, -0.25) is 0 Å². The third-order valence-corrected chi connectivity index (χ3v) is 3.49. The van der Waals surface area contributed by atoms with Crippen molar-refractivity contribution in [2.45, 2.75) is 19.8 Å². The van der Waals surface area contributed by atoms with Gasteiger partial charge in [-0.15, -0.1) is 0 Å². The Balaban J connectivity index is 2.32. The fraction of sp³-hybridized carbons (Fsp3) is 0.357. The summed E-state index contributed by atoms with van der Waals surface area (Å²) >= 11 is 3.38. The second-order valence-corrected chi connectivity index (χ2v) is 5.12. The number of nitrogens with two attached hydrogens (primary N) is 1. The van der Waals surface area contributed by atoms with Gasteiger partial charge >= 0.3 is 5.63 Å². The molecule has 0 aliphatic rings. The Morgan fingerprint density at radius 3 is 2.89 bits per heavy atom. The van der Waals surface area contributed by atoms with Gasteiger partial charge < -0.3 is 14.9 Å². The highest BCUT2D eigenvalue weighted by Crippen LogP contribution is 2.29. The van der Waals surface area contributed by atoms with Crippen LogP contribution in [0.3, 0.4) is 0 Å². The summed E-state index contributed by atoms with van der Waals surface area (Å²) < 4.78 is 10.9. The zero-order chi connectivity index (χ0) is 13.8. The summed E-state index contributed by atoms with van der Waals surface area (Å²) in [6.07, 6.45) is 2.04. The molecule has 0 aliphatic heterocycles. The van der Waals surface area contributed by atoms with Crippen molar-refractivity contribution in [3.05, 3.63) is 34.2 Å². The number of anilines is 1. The smallest absolute Gasteiger partial charge is 0.338 e. The number of rotatable bonds is 5. The molecule has 0 spiro atoms. The van der Waals surface area contributed by atoms with Gasteiger partial charge in [0.2, 0.25) is 0 Å². The van der Waals surface area contributed by atoms with E-state index in [1.165, 1.54) is 6.07 Å². The number of ether oxygens (including phenoxy) is 1. The van der Waals surface area contributed by atoms with Crippen LogP contribution in [0.15, 0.2) is 27.4 Å². The quantitative estimate of drug-likeness (QED) is 0.520. The predicted octanol–water partition coefficient (Wildman–Crippen LogP) is 3.24. The number of alkyl halides is 1. The SMILES string of the molecule is Cc1c(OCCCCBr)ccc2c(N)cc(=O)oc12. The molecule has 102 valence electrons. The van der Waals surface area contributed by atoms with Gasteiger partial charge in [-0.1, -0.05) is 15.9 Å². The maximum Gasteiger partial charge on any atom is 0.338 e. The van der Waals surface area contributed by atoms with Gasteiger partial charge in [0.1, 0.15) is 11.3 Å². The topological polar surface area (TPSA) is 65.5 Å². The lowest BCUT2D eigenvalue weighted by molar-refractivity contribution is 0.308. The van der Waals surface area contributed by atoms with Crippen LogP contribution in [0.5, 0.6) is 5.75 Å². The third kappa shape index (κ3) is 3.10. The lowest BCUT2D eigenvalue weighted by atomic mass is 10.1. The number of halogens is 1. The number of unbranched alkanes of at least 4 members (excludes halogenated alkanes) is 1. The molecule has 2 rings (SSSR count). The highest BCUT2D eigenvalue weighted by atomic mass is 79.9. The summed E-state index contributed by atoms with van der Waals surface area (Å²) in [5, 5.41) is 1.71. The van der Waals surface area contributed by atoms with Crippen LogP contribution in [-0.2, 0) is 0 Å². The summed E-state index contributed by atoms with van der Waals surface area (Å²) in [6, 6.07) is 4.97. The van der Waals surface area contributed by atoms with Crippen molar-refractivity contribution in [2.75, 3.05) is 17.7 Å². The molecular weight excluding hydrogens is 310 g/mol. The van der Waals surface area contributed by atoms with Crippen molar-refractivity contribution in [2.24, 2.45) is 0 Å². The van der Waals surface area contributed by atoms with E-state index in [0.717, 1.165) is 34.9 Å². The molecule has 0 saturated carbocycles. The van der Waals surface area contributed by atoms with Gasteiger partial charge in [0.25, 0.3) is 0 Å². The Morgan fingerprint density at radius 2 is 2.16 bits per heavy atom. The van der Waals surface area contributed by atoms with Gasteiger partial charge in [0.05, 0.1) is 6.61 Å². The first-order valence-corrected chi connectivity index (χ1v) is 7.27. The van der Waals surface area contributed by atoms with Gasteiger partial charge in [-0.25, -0.2) is 4.79 Å². The van der Waals surface area contributed by atoms with E-state index in [9.17, 15) is 4.79 Å². The lowest BCUT2D eigenvalue weighted by Gasteiger charge is -2.11. The molecule has 0 fully saturated rings. The summed E-state index contributed by atoms with van der Waals surface area (Å²) in [7, 11) is 0. The molecular formula is C14H16BrNO3. The number of hydrogen-bond acceptors (Lipinski definition) is 4. The maximum absolute atomic E-state index is 11.4. The monoisotopic (exact) mass is 325 g/mol. The Hall–Kier alpha value is -1.49. The summed E-state index contributed by atoms with van der Waals surface area (Å²) in [4.78, 5) is 11.4. The number of aryl methyl sites for hydroxylation is 1. The molecule has 2 N–H and O–H groups in total. The number of hydrogen-bond donors (Lipinski definition) is 1. The van der Waals surface area contributed by atoms with Crippen molar-refractivity contribution < 1.29 is 9.15 Å². The van der Waals surface area contributed by atoms with Crippen molar-refractivity contribution in [1.82, 2.24) is 0 Å². The molecule has 0 radical (unpaired) electrons. The lowest BCUT2D eigenvalue weighted by Crippen LogP contribution is -2.03. The van der Waals surface area contributed by atoms with E-state index in [1.54, 1.807) is 0 Å². The minimum atomic E-state index is -0.440. The molecule has 19 heavy (non-hydrogen) atoms. The average molecular weight is 326 g/mol. The fourth-order valence-corrected chi connectivity index (χ4v) is 2.30. The number of nitrogen functional groups attached to an aromatic ring is 1. The van der Waals surface area contributed by atoms with E-state index < -0.39 is 5.63 Å². The average Bonchev–Trinajstić information content (AvgIpc) is 2.37. The van der Waals surface area contributed by atoms with Gasteiger partial charge in [0, 0.05) is 28.0 Å². The van der Waals surface area contributed by atoms with E-state index in [0.29, 0.717) is 17.9 Å². The van der Waals surface area contributed by atoms with E-state index in [-0.39, 0.29) is 0 Å². The second-order valence-electron chi connectivity index (χ2n) is 4.33. The van der Waals surface area contributed by atoms with Crippen LogP contribution in [0, 0.1) is 6.92 Å². The van der Waals surface area contributed by atoms with E-state index in [1.807, 2.05) is 19.1 Å². The van der Waals surface area contributed by atoms with E-state index >= 15 is 0 Å². The van der Waals surface area contributed by atoms with Gasteiger partial charge in [0.15, 0.2) is 0 Å². The van der Waals surface area contributed by atoms with Crippen LogP contribution in [0.4, 0.5) is 5.69 Å². The van der Waals surface area contributed by atoms with Crippen LogP contribution in [-0.4, -0.2) is 11.9 Å². The van der Waals surface area contributed by atoms with E-state index in [2.05, 4.69) is 15.9 Å². The minimum absolute atomic E-state index is 0.431. The molecule has 0 amide bonds. The molecule has 0 saturated heterocycles. The second kappa shape index (κ2) is 6.10. The molecule has 1 aromatic heterocycles. The van der Waals surface area contributed by atoms with Crippen molar-refractivity contribution in [1.29, 1.82) is 0 Å². The minimum Gasteiger partial charge on any atom is -0.493 e. The Kier molecular flexibility index (Phi) is 4.47. The predicted molar refractivity (Wildman–Crippen MR) is 80.2 cm³/mol. The summed E-state index contributed by atoms with van der Waals surface area (Å²) in [5.74, 6) is 0.732.